The normalized spacial score (nSPS) is 19.4. The van der Waals surface area contributed by atoms with Gasteiger partial charge in [-0.05, 0) is 25.1 Å². The van der Waals surface area contributed by atoms with E-state index in [4.69, 9.17) is 10.5 Å². The Morgan fingerprint density at radius 1 is 1.50 bits per heavy atom. The van der Waals surface area contributed by atoms with Crippen LogP contribution in [-0.4, -0.2) is 87.3 Å². The number of nitriles is 1. The maximum absolute atomic E-state index is 14.7. The summed E-state index contributed by atoms with van der Waals surface area (Å²) in [6, 6.07) is 6.71. The van der Waals surface area contributed by atoms with Crippen LogP contribution in [0.25, 0.3) is 11.4 Å². The summed E-state index contributed by atoms with van der Waals surface area (Å²) >= 11 is 0. The maximum Gasteiger partial charge on any atom is 0.251 e. The Hall–Kier alpha value is -4.15. The van der Waals surface area contributed by atoms with Gasteiger partial charge in [-0.25, -0.2) is 14.4 Å². The zero-order chi connectivity index (χ0) is 26.2. The van der Waals surface area contributed by atoms with Crippen molar-refractivity contribution in [2.75, 3.05) is 32.1 Å². The fraction of sp³-hybridized carbons (Fsp3) is 0.391. The first-order valence-electron chi connectivity index (χ1n) is 11.1. The van der Waals surface area contributed by atoms with Crippen molar-refractivity contribution in [2.24, 2.45) is 10.7 Å². The number of aromatic nitrogens is 3. The minimum atomic E-state index is -1.48. The smallest absolute Gasteiger partial charge is 0.251 e. The van der Waals surface area contributed by atoms with E-state index in [0.29, 0.717) is 11.3 Å². The number of anilines is 1. The highest BCUT2D eigenvalue weighted by atomic mass is 19.1. The number of piperidine rings is 1. The standard InChI is InChI=1S/C23H27FN8O4/c1-13(34)22(35)32-6-5-20(16(24)10-32)36-19-4-3-14(7-15(19)8-25)21-28-12-29-23(31-21)30-18(9-27-2)17(26)11-33/h3-4,7,9,12-13,16,20,33-34H,5-6,10-11,26H2,1-2H3,(H,28,29,30,31)/t13-,16+,20-/m0/s1. The second kappa shape index (κ2) is 12.0. The van der Waals surface area contributed by atoms with Gasteiger partial charge in [0.1, 0.15) is 30.4 Å². The van der Waals surface area contributed by atoms with Crippen LogP contribution in [0.3, 0.4) is 0 Å². The molecule has 0 unspecified atom stereocenters. The van der Waals surface area contributed by atoms with Crippen LogP contribution in [0.1, 0.15) is 18.9 Å². The Labute approximate surface area is 207 Å². The molecule has 36 heavy (non-hydrogen) atoms. The Morgan fingerprint density at radius 2 is 2.28 bits per heavy atom. The molecule has 1 fully saturated rings. The zero-order valence-corrected chi connectivity index (χ0v) is 19.8. The van der Waals surface area contributed by atoms with Gasteiger partial charge in [0.2, 0.25) is 5.95 Å². The molecule has 1 aliphatic rings. The van der Waals surface area contributed by atoms with Crippen molar-refractivity contribution < 1.29 is 24.1 Å². The SMILES string of the molecule is CN=CC(Nc1ncnc(-c2ccc(O[C@H]3CCN(C(=O)[C@H](C)O)C[C@H]3F)c(C#N)c2)n1)=C(N)CO. The molecular formula is C23H27FN8O4. The van der Waals surface area contributed by atoms with Crippen LogP contribution < -0.4 is 15.8 Å². The van der Waals surface area contributed by atoms with Crippen LogP contribution in [0.2, 0.25) is 0 Å². The number of nitrogens with one attached hydrogen (secondary N) is 1. The molecule has 1 aromatic carbocycles. The molecule has 1 saturated heterocycles. The highest BCUT2D eigenvalue weighted by Gasteiger charge is 2.34. The van der Waals surface area contributed by atoms with E-state index < -0.39 is 30.9 Å². The summed E-state index contributed by atoms with van der Waals surface area (Å²) in [5, 5.41) is 31.3. The van der Waals surface area contributed by atoms with E-state index in [1.807, 2.05) is 6.07 Å². The summed E-state index contributed by atoms with van der Waals surface area (Å²) in [4.78, 5) is 29.6. The molecule has 1 aromatic heterocycles. The first-order valence-corrected chi connectivity index (χ1v) is 11.1. The fourth-order valence-corrected chi connectivity index (χ4v) is 3.53. The highest BCUT2D eigenvalue weighted by molar-refractivity contribution is 5.83. The summed E-state index contributed by atoms with van der Waals surface area (Å²) in [5.74, 6) is 0.0489. The molecule has 190 valence electrons. The Morgan fingerprint density at radius 3 is 2.92 bits per heavy atom. The quantitative estimate of drug-likeness (QED) is 0.371. The number of aliphatic imine (C=N–C) groups is 1. The number of hydrogen-bond donors (Lipinski definition) is 4. The van der Waals surface area contributed by atoms with Crippen molar-refractivity contribution in [2.45, 2.75) is 31.7 Å². The number of hydrogen-bond acceptors (Lipinski definition) is 11. The average molecular weight is 499 g/mol. The number of likely N-dealkylation sites (tertiary alicyclic amines) is 1. The molecule has 2 aromatic rings. The van der Waals surface area contributed by atoms with E-state index in [0.717, 1.165) is 0 Å². The predicted octanol–water partition coefficient (Wildman–Crippen LogP) is 0.384. The van der Waals surface area contributed by atoms with Crippen LogP contribution in [0, 0.1) is 11.3 Å². The molecule has 1 aliphatic heterocycles. The lowest BCUT2D eigenvalue weighted by Crippen LogP contribution is -2.51. The number of nitrogens with zero attached hydrogens (tertiary/aromatic N) is 6. The summed E-state index contributed by atoms with van der Waals surface area (Å²) in [5.41, 5.74) is 6.88. The molecule has 2 heterocycles. The lowest BCUT2D eigenvalue weighted by atomic mass is 10.0. The van der Waals surface area contributed by atoms with E-state index in [1.165, 1.54) is 36.5 Å². The van der Waals surface area contributed by atoms with Gasteiger partial charge in [-0.3, -0.25) is 9.79 Å². The largest absolute Gasteiger partial charge is 0.486 e. The zero-order valence-electron chi connectivity index (χ0n) is 19.8. The summed E-state index contributed by atoms with van der Waals surface area (Å²) < 4.78 is 20.5. The van der Waals surface area contributed by atoms with Gasteiger partial charge >= 0.3 is 0 Å². The number of nitrogens with two attached hydrogens (primary N) is 1. The van der Waals surface area contributed by atoms with Gasteiger partial charge in [0.25, 0.3) is 5.91 Å². The van der Waals surface area contributed by atoms with Crippen LogP contribution in [0.15, 0.2) is 40.9 Å². The third-order valence-electron chi connectivity index (χ3n) is 5.38. The van der Waals surface area contributed by atoms with Crippen molar-refractivity contribution in [3.8, 4) is 23.2 Å². The molecule has 0 aliphatic carbocycles. The predicted molar refractivity (Wildman–Crippen MR) is 129 cm³/mol. The summed E-state index contributed by atoms with van der Waals surface area (Å²) in [6.45, 7) is 0.976. The first kappa shape index (κ1) is 26.5. The van der Waals surface area contributed by atoms with Gasteiger partial charge in [0.05, 0.1) is 30.1 Å². The number of ether oxygens (including phenoxy) is 1. The monoisotopic (exact) mass is 498 g/mol. The number of benzene rings is 1. The van der Waals surface area contributed by atoms with Crippen molar-refractivity contribution in [3.63, 3.8) is 0 Å². The molecule has 13 heteroatoms. The van der Waals surface area contributed by atoms with E-state index in [-0.39, 0.29) is 48.3 Å². The minimum absolute atomic E-state index is 0.142. The lowest BCUT2D eigenvalue weighted by molar-refractivity contribution is -0.143. The Bertz CT molecular complexity index is 1200. The number of rotatable bonds is 8. The van der Waals surface area contributed by atoms with Crippen molar-refractivity contribution in [1.82, 2.24) is 19.9 Å². The average Bonchev–Trinajstić information content (AvgIpc) is 2.88. The van der Waals surface area contributed by atoms with Crippen molar-refractivity contribution >= 4 is 18.1 Å². The highest BCUT2D eigenvalue weighted by Crippen LogP contribution is 2.28. The topological polar surface area (TPSA) is 183 Å². The number of alkyl halides is 1. The Balaban J connectivity index is 1.77. The molecule has 0 saturated carbocycles. The molecule has 3 rings (SSSR count). The van der Waals surface area contributed by atoms with Gasteiger partial charge in [-0.1, -0.05) is 0 Å². The number of aliphatic hydroxyl groups excluding tert-OH is 2. The number of halogens is 1. The van der Waals surface area contributed by atoms with Crippen LogP contribution in [0.4, 0.5) is 10.3 Å². The first-order chi connectivity index (χ1) is 17.3. The molecule has 0 radical (unpaired) electrons. The van der Waals surface area contributed by atoms with E-state index >= 15 is 0 Å². The maximum atomic E-state index is 14.7. The molecule has 12 nitrogen and oxygen atoms in total. The summed E-state index contributed by atoms with van der Waals surface area (Å²) in [7, 11) is 1.54. The number of carbonyl (C=O) groups excluding carboxylic acids is 1. The molecule has 0 bridgehead atoms. The molecule has 0 spiro atoms. The third kappa shape index (κ3) is 6.29. The van der Waals surface area contributed by atoms with Gasteiger partial charge < -0.3 is 30.9 Å². The third-order valence-corrected chi connectivity index (χ3v) is 5.38. The number of aliphatic hydroxyl groups is 2. The van der Waals surface area contributed by atoms with E-state index in [2.05, 4.69) is 25.3 Å². The minimum Gasteiger partial charge on any atom is -0.486 e. The van der Waals surface area contributed by atoms with Crippen molar-refractivity contribution in [3.05, 3.63) is 41.5 Å². The van der Waals surface area contributed by atoms with Gasteiger partial charge in [-0.15, -0.1) is 0 Å². The second-order valence-corrected chi connectivity index (χ2v) is 7.99. The second-order valence-electron chi connectivity index (χ2n) is 7.99. The van der Waals surface area contributed by atoms with Crippen LogP contribution >= 0.6 is 0 Å². The lowest BCUT2D eigenvalue weighted by Gasteiger charge is -2.35. The Kier molecular flexibility index (Phi) is 8.82. The number of carbonyl (C=O) groups is 1. The molecule has 3 atom stereocenters. The van der Waals surface area contributed by atoms with Gasteiger partial charge in [0, 0.05) is 31.8 Å². The van der Waals surface area contributed by atoms with Crippen LogP contribution in [-0.2, 0) is 4.79 Å². The van der Waals surface area contributed by atoms with Gasteiger partial charge in [-0.2, -0.15) is 10.2 Å². The number of amides is 1. The molecule has 5 N–H and O–H groups in total. The number of allylic oxidation sites excluding steroid dienone is 1. The molecule has 1 amide bonds. The van der Waals surface area contributed by atoms with Crippen molar-refractivity contribution in [1.29, 1.82) is 5.26 Å². The summed E-state index contributed by atoms with van der Waals surface area (Å²) in [6.07, 6.45) is -0.637. The van der Waals surface area contributed by atoms with Gasteiger partial charge in [0.15, 0.2) is 12.0 Å². The van der Waals surface area contributed by atoms with E-state index in [9.17, 15) is 24.7 Å². The van der Waals surface area contributed by atoms with Crippen LogP contribution in [0.5, 0.6) is 5.75 Å². The van der Waals surface area contributed by atoms with E-state index in [1.54, 1.807) is 13.1 Å². The molecular weight excluding hydrogens is 471 g/mol. The fourth-order valence-electron chi connectivity index (χ4n) is 3.53.